The molecular formula is C21H20ClN. The molecule has 116 valence electrons. The van der Waals surface area contributed by atoms with Crippen LogP contribution in [0.4, 0.5) is 0 Å². The summed E-state index contributed by atoms with van der Waals surface area (Å²) in [7, 11) is 0. The van der Waals surface area contributed by atoms with Gasteiger partial charge in [0.05, 0.1) is 0 Å². The van der Waals surface area contributed by atoms with Crippen LogP contribution >= 0.6 is 11.6 Å². The highest BCUT2D eigenvalue weighted by molar-refractivity contribution is 6.30. The standard InChI is InChI=1S/C21H20ClN/c1-2-15-12-13-23-14-19(16-6-4-3-5-7-16)20(21(15)23)17-8-10-18(22)11-9-17/h3-11,14-15H,2,12-13H2,1H3. The second-order valence-electron chi connectivity index (χ2n) is 6.26. The summed E-state index contributed by atoms with van der Waals surface area (Å²) < 4.78 is 2.46. The van der Waals surface area contributed by atoms with Crippen molar-refractivity contribution in [1.82, 2.24) is 4.57 Å². The van der Waals surface area contributed by atoms with Crippen molar-refractivity contribution in [1.29, 1.82) is 0 Å². The van der Waals surface area contributed by atoms with E-state index in [0.717, 1.165) is 11.6 Å². The molecule has 2 heteroatoms. The zero-order valence-corrected chi connectivity index (χ0v) is 14.1. The Kier molecular flexibility index (Phi) is 3.74. The van der Waals surface area contributed by atoms with E-state index in [1.165, 1.54) is 40.8 Å². The quantitative estimate of drug-likeness (QED) is 0.528. The van der Waals surface area contributed by atoms with Gasteiger partial charge in [0, 0.05) is 40.5 Å². The molecule has 1 aliphatic heterocycles. The minimum atomic E-state index is 0.651. The molecule has 0 fully saturated rings. The Labute approximate surface area is 142 Å². The van der Waals surface area contributed by atoms with Gasteiger partial charge in [-0.05, 0) is 36.1 Å². The summed E-state index contributed by atoms with van der Waals surface area (Å²) in [5, 5.41) is 0.790. The zero-order chi connectivity index (χ0) is 15.8. The van der Waals surface area contributed by atoms with E-state index in [4.69, 9.17) is 11.6 Å². The third-order valence-electron chi connectivity index (χ3n) is 4.94. The molecule has 2 aromatic carbocycles. The number of rotatable bonds is 3. The molecule has 4 rings (SSSR count). The first-order chi connectivity index (χ1) is 11.3. The maximum Gasteiger partial charge on any atom is 0.0406 e. The van der Waals surface area contributed by atoms with E-state index in [1.54, 1.807) is 0 Å². The molecule has 1 atom stereocenters. The molecule has 1 aliphatic rings. The van der Waals surface area contributed by atoms with Crippen LogP contribution in [-0.4, -0.2) is 4.57 Å². The predicted molar refractivity (Wildman–Crippen MR) is 98.0 cm³/mol. The average molecular weight is 322 g/mol. The minimum absolute atomic E-state index is 0.651. The van der Waals surface area contributed by atoms with Gasteiger partial charge in [0.1, 0.15) is 0 Å². The Morgan fingerprint density at radius 2 is 1.74 bits per heavy atom. The van der Waals surface area contributed by atoms with Gasteiger partial charge in [-0.1, -0.05) is 61.0 Å². The molecule has 0 saturated carbocycles. The highest BCUT2D eigenvalue weighted by Gasteiger charge is 2.28. The Hall–Kier alpha value is -1.99. The highest BCUT2D eigenvalue weighted by Crippen LogP contribution is 2.45. The first-order valence-corrected chi connectivity index (χ1v) is 8.70. The molecule has 0 radical (unpaired) electrons. The molecule has 3 aromatic rings. The lowest BCUT2D eigenvalue weighted by molar-refractivity contribution is 0.644. The number of fused-ring (bicyclic) bond motifs is 1. The molecule has 0 bridgehead atoms. The second kappa shape index (κ2) is 5.90. The van der Waals surface area contributed by atoms with Crippen LogP contribution in [0.2, 0.25) is 5.02 Å². The Balaban J connectivity index is 1.96. The average Bonchev–Trinajstić information content (AvgIpc) is 3.15. The fourth-order valence-corrected chi connectivity index (χ4v) is 3.91. The number of hydrogen-bond donors (Lipinski definition) is 0. The molecule has 0 amide bonds. The molecule has 1 aromatic heterocycles. The largest absolute Gasteiger partial charge is 0.350 e. The minimum Gasteiger partial charge on any atom is -0.350 e. The van der Waals surface area contributed by atoms with Crippen molar-refractivity contribution in [3.05, 3.63) is 71.5 Å². The van der Waals surface area contributed by atoms with Crippen molar-refractivity contribution in [3.8, 4) is 22.3 Å². The molecule has 0 saturated heterocycles. The van der Waals surface area contributed by atoms with Crippen LogP contribution in [0.3, 0.4) is 0 Å². The van der Waals surface area contributed by atoms with Crippen molar-refractivity contribution >= 4 is 11.6 Å². The van der Waals surface area contributed by atoms with E-state index < -0.39 is 0 Å². The van der Waals surface area contributed by atoms with Crippen molar-refractivity contribution in [2.24, 2.45) is 0 Å². The van der Waals surface area contributed by atoms with Crippen LogP contribution in [0, 0.1) is 0 Å². The molecule has 0 spiro atoms. The van der Waals surface area contributed by atoms with Gasteiger partial charge in [-0.25, -0.2) is 0 Å². The summed E-state index contributed by atoms with van der Waals surface area (Å²) in [5.74, 6) is 0.651. The van der Waals surface area contributed by atoms with Crippen LogP contribution < -0.4 is 0 Å². The van der Waals surface area contributed by atoms with Gasteiger partial charge >= 0.3 is 0 Å². The van der Waals surface area contributed by atoms with Crippen LogP contribution in [0.15, 0.2) is 60.8 Å². The lowest BCUT2D eigenvalue weighted by Gasteiger charge is -2.12. The summed E-state index contributed by atoms with van der Waals surface area (Å²) in [6, 6.07) is 19.0. The third kappa shape index (κ3) is 2.49. The summed E-state index contributed by atoms with van der Waals surface area (Å²) in [6.45, 7) is 3.42. The first-order valence-electron chi connectivity index (χ1n) is 8.32. The van der Waals surface area contributed by atoms with Crippen molar-refractivity contribution in [2.75, 3.05) is 0 Å². The van der Waals surface area contributed by atoms with Crippen molar-refractivity contribution < 1.29 is 0 Å². The van der Waals surface area contributed by atoms with Gasteiger partial charge in [0.15, 0.2) is 0 Å². The zero-order valence-electron chi connectivity index (χ0n) is 13.3. The van der Waals surface area contributed by atoms with E-state index >= 15 is 0 Å². The summed E-state index contributed by atoms with van der Waals surface area (Å²) in [5.41, 5.74) is 6.77. The lowest BCUT2D eigenvalue weighted by Crippen LogP contribution is -1.95. The number of aromatic nitrogens is 1. The number of aryl methyl sites for hydroxylation is 1. The third-order valence-corrected chi connectivity index (χ3v) is 5.19. The van der Waals surface area contributed by atoms with E-state index in [9.17, 15) is 0 Å². The Morgan fingerprint density at radius 1 is 1.00 bits per heavy atom. The van der Waals surface area contributed by atoms with Crippen molar-refractivity contribution in [3.63, 3.8) is 0 Å². The van der Waals surface area contributed by atoms with E-state index in [0.29, 0.717) is 5.92 Å². The summed E-state index contributed by atoms with van der Waals surface area (Å²) >= 11 is 6.10. The smallest absolute Gasteiger partial charge is 0.0406 e. The lowest BCUT2D eigenvalue weighted by atomic mass is 9.90. The number of benzene rings is 2. The maximum atomic E-state index is 6.10. The second-order valence-corrected chi connectivity index (χ2v) is 6.70. The van der Waals surface area contributed by atoms with E-state index in [2.05, 4.69) is 60.2 Å². The molecule has 23 heavy (non-hydrogen) atoms. The Bertz CT molecular complexity index is 815. The topological polar surface area (TPSA) is 4.93 Å². The highest BCUT2D eigenvalue weighted by atomic mass is 35.5. The van der Waals surface area contributed by atoms with E-state index in [-0.39, 0.29) is 0 Å². The Morgan fingerprint density at radius 3 is 2.43 bits per heavy atom. The van der Waals surface area contributed by atoms with Crippen LogP contribution in [0.25, 0.3) is 22.3 Å². The molecule has 1 unspecified atom stereocenters. The van der Waals surface area contributed by atoms with Crippen molar-refractivity contribution in [2.45, 2.75) is 32.2 Å². The summed E-state index contributed by atoms with van der Waals surface area (Å²) in [6.07, 6.45) is 4.78. The van der Waals surface area contributed by atoms with Crippen LogP contribution in [0.1, 0.15) is 31.4 Å². The first kappa shape index (κ1) is 14.6. The molecule has 1 nitrogen and oxygen atoms in total. The van der Waals surface area contributed by atoms with Gasteiger partial charge < -0.3 is 4.57 Å². The molecule has 0 N–H and O–H groups in total. The number of hydrogen-bond acceptors (Lipinski definition) is 0. The summed E-state index contributed by atoms with van der Waals surface area (Å²) in [4.78, 5) is 0. The van der Waals surface area contributed by atoms with Crippen LogP contribution in [0.5, 0.6) is 0 Å². The van der Waals surface area contributed by atoms with E-state index in [1.807, 2.05) is 12.1 Å². The van der Waals surface area contributed by atoms with Gasteiger partial charge in [-0.3, -0.25) is 0 Å². The molecule has 0 aliphatic carbocycles. The molecule has 2 heterocycles. The number of nitrogens with zero attached hydrogens (tertiary/aromatic N) is 1. The van der Waals surface area contributed by atoms with Gasteiger partial charge in [-0.15, -0.1) is 0 Å². The molecular weight excluding hydrogens is 302 g/mol. The van der Waals surface area contributed by atoms with Gasteiger partial charge in [0.2, 0.25) is 0 Å². The predicted octanol–water partition coefficient (Wildman–Crippen LogP) is 6.37. The van der Waals surface area contributed by atoms with Gasteiger partial charge in [-0.2, -0.15) is 0 Å². The monoisotopic (exact) mass is 321 g/mol. The fourth-order valence-electron chi connectivity index (χ4n) is 3.78. The van der Waals surface area contributed by atoms with Gasteiger partial charge in [0.25, 0.3) is 0 Å². The SMILES string of the molecule is CCC1CCn2cc(-c3ccccc3)c(-c3ccc(Cl)cc3)c21. The maximum absolute atomic E-state index is 6.10. The fraction of sp³-hybridized carbons (Fsp3) is 0.238. The normalized spacial score (nSPS) is 16.5. The van der Waals surface area contributed by atoms with Crippen LogP contribution in [-0.2, 0) is 6.54 Å². The number of halogens is 1.